The Morgan fingerprint density at radius 2 is 1.82 bits per heavy atom. The normalized spacial score (nSPS) is 10.5. The first-order chi connectivity index (χ1) is 8.13. The fourth-order valence-corrected chi connectivity index (χ4v) is 2.84. The van der Waals surface area contributed by atoms with Crippen LogP contribution in [0.2, 0.25) is 0 Å². The third kappa shape index (κ3) is 3.75. The maximum absolute atomic E-state index is 12.7. The van der Waals surface area contributed by atoms with Gasteiger partial charge in [-0.05, 0) is 48.0 Å². The molecule has 0 aliphatic carbocycles. The standard InChI is InChI=1S/C13H11BrFNS/c14-10-5-9(6-12(16)7-10)8-17-13-3-1-11(15)2-4-13/h1-7H,8,16H2. The molecule has 2 N–H and O–H groups in total. The highest BCUT2D eigenvalue weighted by molar-refractivity contribution is 9.10. The number of hydrogen-bond donors (Lipinski definition) is 1. The molecule has 0 amide bonds. The zero-order valence-corrected chi connectivity index (χ0v) is 11.4. The van der Waals surface area contributed by atoms with Gasteiger partial charge in [-0.15, -0.1) is 11.8 Å². The number of anilines is 1. The highest BCUT2D eigenvalue weighted by Gasteiger charge is 2.00. The lowest BCUT2D eigenvalue weighted by molar-refractivity contribution is 0.626. The number of halogens is 2. The summed E-state index contributed by atoms with van der Waals surface area (Å²) in [5.74, 6) is 0.607. The molecule has 1 nitrogen and oxygen atoms in total. The highest BCUT2D eigenvalue weighted by Crippen LogP contribution is 2.26. The zero-order valence-electron chi connectivity index (χ0n) is 8.99. The minimum Gasteiger partial charge on any atom is -0.399 e. The van der Waals surface area contributed by atoms with E-state index in [0.717, 1.165) is 26.4 Å². The van der Waals surface area contributed by atoms with Crippen LogP contribution < -0.4 is 5.73 Å². The van der Waals surface area contributed by atoms with Crippen molar-refractivity contribution in [3.8, 4) is 0 Å². The van der Waals surface area contributed by atoms with Crippen LogP contribution in [0, 0.1) is 5.82 Å². The van der Waals surface area contributed by atoms with Crippen molar-refractivity contribution in [2.75, 3.05) is 5.73 Å². The van der Waals surface area contributed by atoms with E-state index in [2.05, 4.69) is 15.9 Å². The van der Waals surface area contributed by atoms with E-state index >= 15 is 0 Å². The maximum Gasteiger partial charge on any atom is 0.123 e. The van der Waals surface area contributed by atoms with Gasteiger partial charge in [-0.1, -0.05) is 15.9 Å². The fraction of sp³-hybridized carbons (Fsp3) is 0.0769. The van der Waals surface area contributed by atoms with Crippen molar-refractivity contribution in [3.05, 3.63) is 58.3 Å². The molecule has 0 radical (unpaired) electrons. The molecule has 88 valence electrons. The van der Waals surface area contributed by atoms with Crippen LogP contribution in [0.4, 0.5) is 10.1 Å². The highest BCUT2D eigenvalue weighted by atomic mass is 79.9. The monoisotopic (exact) mass is 311 g/mol. The Labute approximate surface area is 112 Å². The lowest BCUT2D eigenvalue weighted by Crippen LogP contribution is -1.88. The average molecular weight is 312 g/mol. The molecule has 0 aliphatic rings. The Morgan fingerprint density at radius 3 is 2.47 bits per heavy atom. The Morgan fingerprint density at radius 1 is 1.12 bits per heavy atom. The molecule has 0 fully saturated rings. The molecule has 0 atom stereocenters. The number of nitrogens with two attached hydrogens (primary N) is 1. The van der Waals surface area contributed by atoms with E-state index in [-0.39, 0.29) is 5.82 Å². The molecule has 17 heavy (non-hydrogen) atoms. The summed E-state index contributed by atoms with van der Waals surface area (Å²) >= 11 is 5.07. The Balaban J connectivity index is 2.04. The SMILES string of the molecule is Nc1cc(Br)cc(CSc2ccc(F)cc2)c1. The summed E-state index contributed by atoms with van der Waals surface area (Å²) < 4.78 is 13.7. The summed E-state index contributed by atoms with van der Waals surface area (Å²) in [6, 6.07) is 12.3. The van der Waals surface area contributed by atoms with E-state index in [4.69, 9.17) is 5.73 Å². The van der Waals surface area contributed by atoms with Crippen LogP contribution in [0.3, 0.4) is 0 Å². The summed E-state index contributed by atoms with van der Waals surface area (Å²) in [4.78, 5) is 1.05. The molecule has 0 unspecified atom stereocenters. The van der Waals surface area contributed by atoms with Crippen molar-refractivity contribution in [2.45, 2.75) is 10.6 Å². The summed E-state index contributed by atoms with van der Waals surface area (Å²) in [6.45, 7) is 0. The van der Waals surface area contributed by atoms with Gasteiger partial charge in [-0.25, -0.2) is 4.39 Å². The van der Waals surface area contributed by atoms with Gasteiger partial charge in [0.2, 0.25) is 0 Å². The van der Waals surface area contributed by atoms with Gasteiger partial charge < -0.3 is 5.73 Å². The second-order valence-corrected chi connectivity index (χ2v) is 5.60. The van der Waals surface area contributed by atoms with E-state index < -0.39 is 0 Å². The smallest absolute Gasteiger partial charge is 0.123 e. The average Bonchev–Trinajstić information content (AvgIpc) is 2.27. The Kier molecular flexibility index (Phi) is 4.07. The van der Waals surface area contributed by atoms with Gasteiger partial charge in [-0.2, -0.15) is 0 Å². The Hall–Kier alpha value is -1.00. The summed E-state index contributed by atoms with van der Waals surface area (Å²) in [5, 5.41) is 0. The quantitative estimate of drug-likeness (QED) is 0.669. The number of hydrogen-bond acceptors (Lipinski definition) is 2. The molecule has 2 aromatic carbocycles. The van der Waals surface area contributed by atoms with Gasteiger partial charge >= 0.3 is 0 Å². The number of rotatable bonds is 3. The third-order valence-corrected chi connectivity index (χ3v) is 3.74. The summed E-state index contributed by atoms with van der Waals surface area (Å²) in [6.07, 6.45) is 0. The predicted molar refractivity (Wildman–Crippen MR) is 74.5 cm³/mol. The number of thioether (sulfide) groups is 1. The molecule has 0 saturated heterocycles. The lowest BCUT2D eigenvalue weighted by atomic mass is 10.2. The summed E-state index contributed by atoms with van der Waals surface area (Å²) in [5.41, 5.74) is 7.65. The van der Waals surface area contributed by atoms with Crippen LogP contribution >= 0.6 is 27.7 Å². The minimum atomic E-state index is -0.207. The van der Waals surface area contributed by atoms with Crippen molar-refractivity contribution in [2.24, 2.45) is 0 Å². The van der Waals surface area contributed by atoms with Gasteiger partial charge in [0.15, 0.2) is 0 Å². The predicted octanol–water partition coefficient (Wildman–Crippen LogP) is 4.46. The van der Waals surface area contributed by atoms with E-state index in [1.54, 1.807) is 23.9 Å². The van der Waals surface area contributed by atoms with Gasteiger partial charge in [0.1, 0.15) is 5.82 Å². The number of nitrogen functional groups attached to an aromatic ring is 1. The first-order valence-corrected chi connectivity index (χ1v) is 6.85. The van der Waals surface area contributed by atoms with Crippen molar-refractivity contribution < 1.29 is 4.39 Å². The van der Waals surface area contributed by atoms with Crippen LogP contribution in [-0.2, 0) is 5.75 Å². The van der Waals surface area contributed by atoms with Crippen LogP contribution in [0.5, 0.6) is 0 Å². The minimum absolute atomic E-state index is 0.207. The van der Waals surface area contributed by atoms with Crippen molar-refractivity contribution in [3.63, 3.8) is 0 Å². The van der Waals surface area contributed by atoms with E-state index in [1.165, 1.54) is 12.1 Å². The first kappa shape index (κ1) is 12.5. The molecule has 0 bridgehead atoms. The van der Waals surface area contributed by atoms with E-state index in [1.807, 2.05) is 18.2 Å². The van der Waals surface area contributed by atoms with Crippen LogP contribution in [0.1, 0.15) is 5.56 Å². The fourth-order valence-electron chi connectivity index (χ4n) is 1.46. The maximum atomic E-state index is 12.7. The second-order valence-electron chi connectivity index (χ2n) is 3.64. The van der Waals surface area contributed by atoms with E-state index in [9.17, 15) is 4.39 Å². The topological polar surface area (TPSA) is 26.0 Å². The molecular formula is C13H11BrFNS. The lowest BCUT2D eigenvalue weighted by Gasteiger charge is -2.04. The second kappa shape index (κ2) is 5.56. The molecular weight excluding hydrogens is 301 g/mol. The Bertz CT molecular complexity index is 493. The first-order valence-electron chi connectivity index (χ1n) is 5.07. The summed E-state index contributed by atoms with van der Waals surface area (Å²) in [7, 11) is 0. The molecule has 0 aliphatic heterocycles. The van der Waals surface area contributed by atoms with Crippen LogP contribution in [0.15, 0.2) is 51.8 Å². The van der Waals surface area contributed by atoms with Gasteiger partial charge in [0.05, 0.1) is 0 Å². The van der Waals surface area contributed by atoms with Crippen LogP contribution in [0.25, 0.3) is 0 Å². The van der Waals surface area contributed by atoms with Crippen molar-refractivity contribution >= 4 is 33.4 Å². The molecule has 0 aromatic heterocycles. The van der Waals surface area contributed by atoms with Gasteiger partial charge in [-0.3, -0.25) is 0 Å². The molecule has 0 heterocycles. The van der Waals surface area contributed by atoms with Gasteiger partial charge in [0.25, 0.3) is 0 Å². The molecule has 2 aromatic rings. The van der Waals surface area contributed by atoms with Crippen molar-refractivity contribution in [1.29, 1.82) is 0 Å². The van der Waals surface area contributed by atoms with Gasteiger partial charge in [0, 0.05) is 20.8 Å². The molecule has 4 heteroatoms. The van der Waals surface area contributed by atoms with E-state index in [0.29, 0.717) is 0 Å². The molecule has 0 spiro atoms. The molecule has 2 rings (SSSR count). The van der Waals surface area contributed by atoms with Crippen molar-refractivity contribution in [1.82, 2.24) is 0 Å². The third-order valence-electron chi connectivity index (χ3n) is 2.20. The zero-order chi connectivity index (χ0) is 12.3. The molecule has 0 saturated carbocycles. The van der Waals surface area contributed by atoms with Crippen LogP contribution in [-0.4, -0.2) is 0 Å². The largest absolute Gasteiger partial charge is 0.399 e. The number of benzene rings is 2.